The SMILES string of the molecule is CC(C)(C)OC(=O)N1[C@@H]2CC[C@H]1CN(c1nc(OCC34CCCN3CC(C(F)(F)F)C4)nc3c(F)c(-c4cccc5cccc(Cl)c45)ncc13)C2. The Morgan fingerprint density at radius 2 is 1.76 bits per heavy atom. The summed E-state index contributed by atoms with van der Waals surface area (Å²) >= 11 is 6.61. The molecule has 0 aliphatic carbocycles. The lowest BCUT2D eigenvalue weighted by molar-refractivity contribution is -0.171. The van der Waals surface area contributed by atoms with Crippen LogP contribution in [0.2, 0.25) is 5.02 Å². The summed E-state index contributed by atoms with van der Waals surface area (Å²) in [5.41, 5.74) is -0.930. The predicted molar refractivity (Wildman–Crippen MR) is 186 cm³/mol. The summed E-state index contributed by atoms with van der Waals surface area (Å²) in [5, 5.41) is 2.28. The number of nitrogens with zero attached hydrogens (tertiary/aromatic N) is 6. The van der Waals surface area contributed by atoms with Crippen LogP contribution < -0.4 is 9.64 Å². The molecule has 14 heteroatoms. The third kappa shape index (κ3) is 6.09. The van der Waals surface area contributed by atoms with E-state index in [0.717, 1.165) is 24.6 Å². The van der Waals surface area contributed by atoms with Crippen molar-refractivity contribution in [3.63, 3.8) is 0 Å². The van der Waals surface area contributed by atoms with Crippen LogP contribution in [0.25, 0.3) is 32.9 Å². The highest BCUT2D eigenvalue weighted by Gasteiger charge is 2.56. The number of halogens is 5. The summed E-state index contributed by atoms with van der Waals surface area (Å²) in [5.74, 6) is -1.74. The van der Waals surface area contributed by atoms with E-state index in [9.17, 15) is 18.0 Å². The van der Waals surface area contributed by atoms with E-state index in [1.807, 2.05) is 54.8 Å². The van der Waals surface area contributed by atoms with Gasteiger partial charge in [-0.2, -0.15) is 23.1 Å². The van der Waals surface area contributed by atoms with Crippen LogP contribution in [0, 0.1) is 11.7 Å². The molecule has 4 aromatic rings. The quantitative estimate of drug-likeness (QED) is 0.191. The van der Waals surface area contributed by atoms with E-state index in [1.165, 1.54) is 0 Å². The summed E-state index contributed by atoms with van der Waals surface area (Å²) in [4.78, 5) is 32.8. The molecule has 4 aliphatic rings. The third-order valence-corrected chi connectivity index (χ3v) is 11.2. The maximum Gasteiger partial charge on any atom is 0.410 e. The highest BCUT2D eigenvalue weighted by Crippen LogP contribution is 2.47. The van der Waals surface area contributed by atoms with Gasteiger partial charge in [0.15, 0.2) is 5.82 Å². The van der Waals surface area contributed by atoms with E-state index in [0.29, 0.717) is 53.2 Å². The van der Waals surface area contributed by atoms with Gasteiger partial charge in [0, 0.05) is 41.8 Å². The Balaban J connectivity index is 1.19. The van der Waals surface area contributed by atoms with Crippen molar-refractivity contribution in [3.05, 3.63) is 53.4 Å². The standard InChI is InChI=1S/C37H39ClF4N6O3/c1-35(2,3)51-34(49)48-23-11-12-24(48)19-46(18-23)32-26-16-43-30(25-9-4-7-21-8-5-10-27(38)28(21)25)29(39)31(26)44-33(45-32)50-20-36-13-6-14-47(36)17-22(15-36)37(40,41)42/h4-5,7-10,16,22-24H,6,11-15,17-20H2,1-3H3/t22?,23-,24+,36?. The first kappa shape index (κ1) is 34.1. The Bertz CT molecular complexity index is 2010. The molecule has 0 spiro atoms. The van der Waals surface area contributed by atoms with Gasteiger partial charge in [-0.15, -0.1) is 0 Å². The number of carbonyl (C=O) groups excluding carboxylic acids is 1. The molecule has 0 saturated carbocycles. The van der Waals surface area contributed by atoms with Gasteiger partial charge >= 0.3 is 18.3 Å². The molecule has 1 amide bonds. The van der Waals surface area contributed by atoms with Gasteiger partial charge in [0.2, 0.25) is 0 Å². The highest BCUT2D eigenvalue weighted by molar-refractivity contribution is 6.36. The van der Waals surface area contributed by atoms with Gasteiger partial charge in [-0.3, -0.25) is 14.8 Å². The number of piperazine rings is 1. The number of pyridine rings is 1. The van der Waals surface area contributed by atoms with Crippen molar-refractivity contribution in [1.29, 1.82) is 0 Å². The summed E-state index contributed by atoms with van der Waals surface area (Å²) in [6, 6.07) is 10.5. The molecule has 51 heavy (non-hydrogen) atoms. The second kappa shape index (κ2) is 12.3. The highest BCUT2D eigenvalue weighted by atomic mass is 35.5. The Kier molecular flexibility index (Phi) is 8.25. The zero-order chi connectivity index (χ0) is 35.9. The van der Waals surface area contributed by atoms with E-state index in [2.05, 4.69) is 9.97 Å². The minimum Gasteiger partial charge on any atom is -0.461 e. The van der Waals surface area contributed by atoms with E-state index in [4.69, 9.17) is 26.1 Å². The van der Waals surface area contributed by atoms with Crippen molar-refractivity contribution in [2.75, 3.05) is 37.7 Å². The molecular formula is C37H39ClF4N6O3. The topological polar surface area (TPSA) is 83.9 Å². The van der Waals surface area contributed by atoms with Crippen molar-refractivity contribution in [2.45, 2.75) is 82.3 Å². The van der Waals surface area contributed by atoms with Gasteiger partial charge in [-0.1, -0.05) is 41.9 Å². The lowest BCUT2D eigenvalue weighted by Crippen LogP contribution is -2.57. The number of ether oxygens (including phenoxy) is 2. The summed E-state index contributed by atoms with van der Waals surface area (Å²) in [7, 11) is 0. The molecule has 2 aromatic carbocycles. The molecule has 4 saturated heterocycles. The van der Waals surface area contributed by atoms with Gasteiger partial charge in [0.1, 0.15) is 29.2 Å². The number of hydrogen-bond acceptors (Lipinski definition) is 8. The van der Waals surface area contributed by atoms with Crippen LogP contribution in [0.1, 0.15) is 52.9 Å². The van der Waals surface area contributed by atoms with Gasteiger partial charge in [-0.05, 0) is 70.9 Å². The maximum absolute atomic E-state index is 16.9. The van der Waals surface area contributed by atoms with E-state index >= 15 is 4.39 Å². The van der Waals surface area contributed by atoms with Crippen molar-refractivity contribution < 1.29 is 31.8 Å². The number of anilines is 1. The van der Waals surface area contributed by atoms with Crippen molar-refractivity contribution >= 4 is 45.2 Å². The van der Waals surface area contributed by atoms with Crippen molar-refractivity contribution in [3.8, 4) is 17.3 Å². The zero-order valence-corrected chi connectivity index (χ0v) is 29.4. The van der Waals surface area contributed by atoms with Crippen molar-refractivity contribution in [2.24, 2.45) is 5.92 Å². The van der Waals surface area contributed by atoms with E-state index in [1.54, 1.807) is 23.2 Å². The largest absolute Gasteiger partial charge is 0.461 e. The number of amides is 1. The molecule has 4 atom stereocenters. The molecule has 0 radical (unpaired) electrons. The van der Waals surface area contributed by atoms with Gasteiger partial charge < -0.3 is 14.4 Å². The zero-order valence-electron chi connectivity index (χ0n) is 28.6. The number of aromatic nitrogens is 3. The van der Waals surface area contributed by atoms with Crippen LogP contribution in [0.3, 0.4) is 0 Å². The average Bonchev–Trinajstić information content (AvgIpc) is 3.71. The molecule has 2 unspecified atom stereocenters. The van der Waals surface area contributed by atoms with Gasteiger partial charge in [0.25, 0.3) is 0 Å². The van der Waals surface area contributed by atoms with Crippen LogP contribution in [-0.2, 0) is 4.74 Å². The van der Waals surface area contributed by atoms with Crippen LogP contribution in [0.4, 0.5) is 28.2 Å². The fourth-order valence-electron chi connectivity index (χ4n) is 8.64. The Morgan fingerprint density at radius 1 is 1.04 bits per heavy atom. The number of alkyl halides is 3. The van der Waals surface area contributed by atoms with E-state index in [-0.39, 0.29) is 55.0 Å². The molecule has 4 aliphatic heterocycles. The predicted octanol–water partition coefficient (Wildman–Crippen LogP) is 8.02. The Hall–Kier alpha value is -3.97. The molecular weight excluding hydrogens is 688 g/mol. The Labute approximate surface area is 297 Å². The van der Waals surface area contributed by atoms with E-state index < -0.39 is 29.1 Å². The fourth-order valence-corrected chi connectivity index (χ4v) is 8.92. The molecule has 2 bridgehead atoms. The molecule has 9 nitrogen and oxygen atoms in total. The molecule has 2 aromatic heterocycles. The smallest absolute Gasteiger partial charge is 0.410 e. The van der Waals surface area contributed by atoms with Gasteiger partial charge in [-0.25, -0.2) is 9.18 Å². The Morgan fingerprint density at radius 3 is 2.47 bits per heavy atom. The van der Waals surface area contributed by atoms with Crippen LogP contribution in [0.15, 0.2) is 42.6 Å². The maximum atomic E-state index is 16.9. The lowest BCUT2D eigenvalue weighted by atomic mass is 9.90. The second-order valence-electron chi connectivity index (χ2n) is 15.3. The second-order valence-corrected chi connectivity index (χ2v) is 15.7. The molecule has 8 rings (SSSR count). The monoisotopic (exact) mass is 726 g/mol. The number of hydrogen-bond donors (Lipinski definition) is 0. The minimum atomic E-state index is -4.30. The molecule has 270 valence electrons. The summed E-state index contributed by atoms with van der Waals surface area (Å²) in [6.45, 7) is 6.75. The van der Waals surface area contributed by atoms with Crippen LogP contribution in [-0.4, -0.2) is 93.0 Å². The summed E-state index contributed by atoms with van der Waals surface area (Å²) in [6.07, 6.45) is -0.341. The number of carbonyl (C=O) groups is 1. The molecule has 6 heterocycles. The summed E-state index contributed by atoms with van der Waals surface area (Å²) < 4.78 is 70.3. The molecule has 0 N–H and O–H groups in total. The van der Waals surface area contributed by atoms with Gasteiger partial charge in [0.05, 0.1) is 28.9 Å². The fraction of sp³-hybridized carbons (Fsp3) is 0.514. The minimum absolute atomic E-state index is 0.0219. The number of rotatable bonds is 5. The first-order valence-corrected chi connectivity index (χ1v) is 17.8. The normalized spacial score (nSPS) is 25.2. The van der Waals surface area contributed by atoms with Crippen LogP contribution >= 0.6 is 11.6 Å². The number of benzene rings is 2. The number of fused-ring (bicyclic) bond motifs is 5. The molecule has 4 fully saturated rings. The lowest BCUT2D eigenvalue weighted by Gasteiger charge is -2.42. The first-order valence-electron chi connectivity index (χ1n) is 17.5. The first-order chi connectivity index (χ1) is 24.2. The average molecular weight is 727 g/mol. The third-order valence-electron chi connectivity index (χ3n) is 10.9. The van der Waals surface area contributed by atoms with Crippen molar-refractivity contribution in [1.82, 2.24) is 24.8 Å². The van der Waals surface area contributed by atoms with Crippen LogP contribution in [0.5, 0.6) is 6.01 Å².